The Hall–Kier alpha value is -3.95. The molecule has 0 heterocycles. The number of alkyl halides is 9. The Bertz CT molecular complexity index is 1550. The molecule has 3 aromatic rings. The van der Waals surface area contributed by atoms with E-state index >= 15 is 0 Å². The molecule has 41 heavy (non-hydrogen) atoms. The summed E-state index contributed by atoms with van der Waals surface area (Å²) in [6, 6.07) is 7.84. The summed E-state index contributed by atoms with van der Waals surface area (Å²) in [5.41, 5.74) is -6.51. The fourth-order valence-electron chi connectivity index (χ4n) is 3.58. The van der Waals surface area contributed by atoms with Crippen LogP contribution in [0, 0.1) is 0 Å². The number of nitrogens with zero attached hydrogens (tertiary/aromatic N) is 1. The van der Waals surface area contributed by atoms with Crippen LogP contribution in [0.1, 0.15) is 32.6 Å². The van der Waals surface area contributed by atoms with Gasteiger partial charge in [-0.1, -0.05) is 18.2 Å². The van der Waals surface area contributed by atoms with E-state index in [0.717, 1.165) is 49.7 Å². The summed E-state index contributed by atoms with van der Waals surface area (Å²) in [4.78, 5) is 12.7. The number of halogens is 9. The zero-order chi connectivity index (χ0) is 31.0. The van der Waals surface area contributed by atoms with Gasteiger partial charge in [0.2, 0.25) is 10.0 Å². The Morgan fingerprint density at radius 1 is 0.829 bits per heavy atom. The number of carbonyl (C=O) groups excluding carboxylic acids is 1. The minimum absolute atomic E-state index is 0.194. The Morgan fingerprint density at radius 2 is 1.44 bits per heavy atom. The van der Waals surface area contributed by atoms with Gasteiger partial charge in [0.1, 0.15) is 12.4 Å². The number of anilines is 2. The molecule has 6 nitrogen and oxygen atoms in total. The van der Waals surface area contributed by atoms with Crippen LogP contribution in [0.5, 0.6) is 5.75 Å². The molecule has 0 unspecified atom stereocenters. The van der Waals surface area contributed by atoms with Gasteiger partial charge < -0.3 is 10.1 Å². The van der Waals surface area contributed by atoms with Gasteiger partial charge in [-0.2, -0.15) is 39.5 Å². The van der Waals surface area contributed by atoms with Gasteiger partial charge in [-0.3, -0.25) is 9.10 Å². The summed E-state index contributed by atoms with van der Waals surface area (Å²) in [7, 11) is -2.85. The maximum absolute atomic E-state index is 13.5. The molecule has 0 aliphatic heterocycles. The van der Waals surface area contributed by atoms with Crippen molar-refractivity contribution in [3.8, 4) is 5.75 Å². The molecule has 0 aliphatic rings. The molecule has 0 radical (unpaired) electrons. The van der Waals surface area contributed by atoms with E-state index in [1.807, 2.05) is 0 Å². The fraction of sp³-hybridized carbons (Fsp3) is 0.240. The van der Waals surface area contributed by atoms with E-state index in [-0.39, 0.29) is 28.8 Å². The van der Waals surface area contributed by atoms with Gasteiger partial charge in [0.15, 0.2) is 0 Å². The molecule has 3 rings (SSSR count). The minimum atomic E-state index is -5.34. The van der Waals surface area contributed by atoms with Gasteiger partial charge in [0, 0.05) is 24.4 Å². The van der Waals surface area contributed by atoms with Gasteiger partial charge in [-0.25, -0.2) is 8.42 Å². The molecular weight excluding hydrogens is 595 g/mol. The molecular formula is C25H19F9N2O4S. The molecule has 0 aliphatic carbocycles. The smallest absolute Gasteiger partial charge is 0.417 e. The Balaban J connectivity index is 2.01. The Kier molecular flexibility index (Phi) is 8.58. The van der Waals surface area contributed by atoms with Crippen LogP contribution in [0.2, 0.25) is 0 Å². The summed E-state index contributed by atoms with van der Waals surface area (Å²) in [6.45, 7) is -0.727. The van der Waals surface area contributed by atoms with Crippen molar-refractivity contribution in [3.63, 3.8) is 0 Å². The highest BCUT2D eigenvalue weighted by molar-refractivity contribution is 7.92. The molecule has 1 N–H and O–H groups in total. The molecule has 1 amide bonds. The van der Waals surface area contributed by atoms with Crippen LogP contribution in [-0.4, -0.2) is 27.6 Å². The molecule has 0 aromatic heterocycles. The van der Waals surface area contributed by atoms with Crippen LogP contribution in [0.3, 0.4) is 0 Å². The van der Waals surface area contributed by atoms with E-state index in [1.54, 1.807) is 0 Å². The van der Waals surface area contributed by atoms with Crippen molar-refractivity contribution < 1.29 is 57.5 Å². The third kappa shape index (κ3) is 7.62. The number of hydrogen-bond donors (Lipinski definition) is 1. The first-order valence-corrected chi connectivity index (χ1v) is 13.0. The molecule has 3 aromatic carbocycles. The number of sulfonamides is 1. The maximum Gasteiger partial charge on any atom is 0.417 e. The molecule has 0 saturated carbocycles. The van der Waals surface area contributed by atoms with Gasteiger partial charge in [0.25, 0.3) is 5.91 Å². The fourth-order valence-corrected chi connectivity index (χ4v) is 4.08. The van der Waals surface area contributed by atoms with Gasteiger partial charge in [0.05, 0.1) is 34.2 Å². The van der Waals surface area contributed by atoms with Crippen molar-refractivity contribution in [1.29, 1.82) is 0 Å². The average molecular weight is 614 g/mol. The summed E-state index contributed by atoms with van der Waals surface area (Å²) >= 11 is 0. The average Bonchev–Trinajstić information content (AvgIpc) is 2.84. The third-order valence-corrected chi connectivity index (χ3v) is 6.85. The number of rotatable bonds is 7. The van der Waals surface area contributed by atoms with E-state index in [0.29, 0.717) is 16.4 Å². The second kappa shape index (κ2) is 11.1. The van der Waals surface area contributed by atoms with E-state index in [2.05, 4.69) is 5.32 Å². The van der Waals surface area contributed by atoms with Crippen LogP contribution >= 0.6 is 0 Å². The van der Waals surface area contributed by atoms with E-state index in [1.165, 1.54) is 6.07 Å². The van der Waals surface area contributed by atoms with Crippen molar-refractivity contribution in [2.45, 2.75) is 25.1 Å². The number of carbonyl (C=O) groups is 1. The topological polar surface area (TPSA) is 75.7 Å². The van der Waals surface area contributed by atoms with Gasteiger partial charge in [-0.15, -0.1) is 0 Å². The minimum Gasteiger partial charge on any atom is -0.487 e. The summed E-state index contributed by atoms with van der Waals surface area (Å²) < 4.78 is 150. The van der Waals surface area contributed by atoms with Crippen molar-refractivity contribution >= 4 is 27.3 Å². The highest BCUT2D eigenvalue weighted by Crippen LogP contribution is 2.39. The van der Waals surface area contributed by atoms with Crippen LogP contribution in [0.4, 0.5) is 50.9 Å². The maximum atomic E-state index is 13.5. The lowest BCUT2D eigenvalue weighted by molar-refractivity contribution is -0.143. The number of benzene rings is 3. The van der Waals surface area contributed by atoms with E-state index < -0.39 is 63.3 Å². The van der Waals surface area contributed by atoms with Gasteiger partial charge in [-0.05, 0) is 36.4 Å². The first kappa shape index (κ1) is 31.6. The Morgan fingerprint density at radius 3 is 2.00 bits per heavy atom. The predicted octanol–water partition coefficient (Wildman–Crippen LogP) is 6.97. The molecule has 16 heteroatoms. The lowest BCUT2D eigenvalue weighted by atomic mass is 10.0. The second-order valence-electron chi connectivity index (χ2n) is 8.57. The lowest BCUT2D eigenvalue weighted by Crippen LogP contribution is -2.25. The molecule has 222 valence electrons. The lowest BCUT2D eigenvalue weighted by Gasteiger charge is -2.22. The first-order chi connectivity index (χ1) is 18.7. The number of nitrogens with one attached hydrogen (secondary N) is 1. The summed E-state index contributed by atoms with van der Waals surface area (Å²) in [6.07, 6.45) is -14.4. The van der Waals surface area contributed by atoms with E-state index in [4.69, 9.17) is 4.74 Å². The van der Waals surface area contributed by atoms with Crippen LogP contribution in [0.15, 0.2) is 60.7 Å². The SMILES string of the molecule is CN(c1ccc(NC(=O)c2ccc(C(F)(F)F)cc2C(F)(F)F)cc1OCc1ccccc1C(F)(F)F)S(C)(=O)=O. The first-order valence-electron chi connectivity index (χ1n) is 11.1. The van der Waals surface area contributed by atoms with Gasteiger partial charge >= 0.3 is 18.5 Å². The van der Waals surface area contributed by atoms with E-state index in [9.17, 15) is 52.7 Å². The quantitative estimate of drug-likeness (QED) is 0.292. The number of hydrogen-bond acceptors (Lipinski definition) is 4. The van der Waals surface area contributed by atoms with Crippen LogP contribution in [-0.2, 0) is 35.2 Å². The highest BCUT2D eigenvalue weighted by Gasteiger charge is 2.39. The van der Waals surface area contributed by atoms with Crippen LogP contribution in [0.25, 0.3) is 0 Å². The third-order valence-electron chi connectivity index (χ3n) is 5.66. The zero-order valence-corrected chi connectivity index (χ0v) is 21.7. The van der Waals surface area contributed by atoms with Crippen molar-refractivity contribution in [2.24, 2.45) is 0 Å². The summed E-state index contributed by atoms with van der Waals surface area (Å²) in [5.74, 6) is -1.85. The standard InChI is InChI=1S/C25H19F9N2O4S/c1-36(41(2,38)39)20-10-8-16(12-21(20)40-13-14-5-3-4-6-18(14)24(29,30)31)35-22(37)17-9-7-15(23(26,27)28)11-19(17)25(32,33)34/h3-12H,13H2,1-2H3,(H,35,37). The van der Waals surface area contributed by atoms with Crippen molar-refractivity contribution in [1.82, 2.24) is 0 Å². The van der Waals surface area contributed by atoms with Crippen molar-refractivity contribution in [2.75, 3.05) is 22.9 Å². The molecule has 0 fully saturated rings. The Labute approximate surface area is 227 Å². The zero-order valence-electron chi connectivity index (χ0n) is 20.9. The van der Waals surface area contributed by atoms with Crippen LogP contribution < -0.4 is 14.4 Å². The largest absolute Gasteiger partial charge is 0.487 e. The molecule has 0 spiro atoms. The predicted molar refractivity (Wildman–Crippen MR) is 130 cm³/mol. The highest BCUT2D eigenvalue weighted by atomic mass is 32.2. The monoisotopic (exact) mass is 614 g/mol. The summed E-state index contributed by atoms with van der Waals surface area (Å²) in [5, 5.41) is 2.06. The van der Waals surface area contributed by atoms with Crippen molar-refractivity contribution in [3.05, 3.63) is 88.5 Å². The molecule has 0 bridgehead atoms. The number of amides is 1. The molecule has 0 atom stereocenters. The normalized spacial score (nSPS) is 12.7. The molecule has 0 saturated heterocycles. The second-order valence-corrected chi connectivity index (χ2v) is 10.6. The number of ether oxygens (including phenoxy) is 1.